The second kappa shape index (κ2) is 6.41. The molecule has 0 heterocycles. The minimum Gasteiger partial charge on any atom is -0.0843 e. The first-order chi connectivity index (χ1) is 12.2. The Kier molecular flexibility index (Phi) is 4.46. The number of halogens is 3. The van der Waals surface area contributed by atoms with Crippen LogP contribution in [-0.2, 0) is 5.41 Å². The van der Waals surface area contributed by atoms with E-state index in [-0.39, 0.29) is 11.3 Å². The Bertz CT molecular complexity index is 964. The fourth-order valence-electron chi connectivity index (χ4n) is 3.77. The van der Waals surface area contributed by atoms with E-state index in [1.165, 1.54) is 33.4 Å². The Morgan fingerprint density at radius 3 is 1.81 bits per heavy atom. The number of hydrogen-bond donors (Lipinski definition) is 0. The summed E-state index contributed by atoms with van der Waals surface area (Å²) in [5.41, 5.74) is 7.61. The first-order valence-electron chi connectivity index (χ1n) is 8.64. The predicted molar refractivity (Wildman–Crippen MR) is 116 cm³/mol. The van der Waals surface area contributed by atoms with Crippen molar-refractivity contribution in [3.8, 4) is 11.1 Å². The van der Waals surface area contributed by atoms with Crippen molar-refractivity contribution in [2.24, 2.45) is 0 Å². The van der Waals surface area contributed by atoms with Gasteiger partial charge in [0.05, 0.1) is 0 Å². The van der Waals surface area contributed by atoms with E-state index in [0.717, 1.165) is 14.5 Å². The Morgan fingerprint density at radius 1 is 0.769 bits per heavy atom. The van der Waals surface area contributed by atoms with Gasteiger partial charge in [-0.2, -0.15) is 0 Å². The fraction of sp³-hybridized carbons (Fsp3) is 0.217. The Hall–Kier alpha value is -1.28. The van der Waals surface area contributed by atoms with Crippen LogP contribution >= 0.6 is 39.1 Å². The third kappa shape index (κ3) is 3.11. The van der Waals surface area contributed by atoms with E-state index in [4.69, 9.17) is 23.2 Å². The molecule has 0 radical (unpaired) electrons. The molecule has 0 aliphatic heterocycles. The van der Waals surface area contributed by atoms with Gasteiger partial charge >= 0.3 is 0 Å². The van der Waals surface area contributed by atoms with Crippen molar-refractivity contribution in [1.29, 1.82) is 0 Å². The van der Waals surface area contributed by atoms with Gasteiger partial charge in [-0.15, -0.1) is 0 Å². The van der Waals surface area contributed by atoms with Gasteiger partial charge in [0, 0.05) is 20.4 Å². The van der Waals surface area contributed by atoms with Crippen LogP contribution in [0.1, 0.15) is 48.9 Å². The molecule has 0 spiro atoms. The maximum Gasteiger partial charge on any atom is 0.0412 e. The van der Waals surface area contributed by atoms with E-state index < -0.39 is 0 Å². The third-order valence-corrected chi connectivity index (χ3v) is 5.99. The summed E-state index contributed by atoms with van der Waals surface area (Å²) in [6.07, 6.45) is 0. The molecule has 3 heteroatoms. The maximum absolute atomic E-state index is 6.29. The molecule has 0 fully saturated rings. The molecule has 0 saturated heterocycles. The van der Waals surface area contributed by atoms with Crippen molar-refractivity contribution in [2.75, 3.05) is 0 Å². The third-order valence-electron chi connectivity index (χ3n) is 5.06. The standard InChI is InChI=1S/C23H19BrCl2/c1-23(2,3)14-8-13(9-15(24)10-14)22-18-6-4-16(25)11-20(18)21-12-17(26)5-7-19(21)22/h4-12,22H,1-3H3. The second-order valence-electron chi connectivity index (χ2n) is 7.92. The Morgan fingerprint density at radius 2 is 1.31 bits per heavy atom. The average Bonchev–Trinajstić information content (AvgIpc) is 2.86. The molecule has 4 rings (SSSR count). The van der Waals surface area contributed by atoms with Crippen LogP contribution in [0.5, 0.6) is 0 Å². The van der Waals surface area contributed by atoms with Gasteiger partial charge in [0.15, 0.2) is 0 Å². The first-order valence-corrected chi connectivity index (χ1v) is 10.2. The highest BCUT2D eigenvalue weighted by atomic mass is 79.9. The molecule has 1 aliphatic rings. The second-order valence-corrected chi connectivity index (χ2v) is 9.71. The van der Waals surface area contributed by atoms with Crippen molar-refractivity contribution in [3.63, 3.8) is 0 Å². The SMILES string of the molecule is CC(C)(C)c1cc(Br)cc(C2c3ccc(Cl)cc3-c3cc(Cl)ccc32)c1. The van der Waals surface area contributed by atoms with Gasteiger partial charge in [-0.25, -0.2) is 0 Å². The van der Waals surface area contributed by atoms with Gasteiger partial charge in [-0.1, -0.05) is 78.1 Å². The number of benzene rings is 3. The van der Waals surface area contributed by atoms with E-state index in [2.05, 4.69) is 79.2 Å². The zero-order chi connectivity index (χ0) is 18.6. The van der Waals surface area contributed by atoms with Crippen LogP contribution in [0.15, 0.2) is 59.1 Å². The molecule has 0 aromatic heterocycles. The molecule has 0 N–H and O–H groups in total. The van der Waals surface area contributed by atoms with Gasteiger partial charge in [-0.3, -0.25) is 0 Å². The van der Waals surface area contributed by atoms with Gasteiger partial charge < -0.3 is 0 Å². The van der Waals surface area contributed by atoms with Gasteiger partial charge in [0.2, 0.25) is 0 Å². The van der Waals surface area contributed by atoms with Crippen molar-refractivity contribution in [1.82, 2.24) is 0 Å². The lowest BCUT2D eigenvalue weighted by Crippen LogP contribution is -2.12. The fourth-order valence-corrected chi connectivity index (χ4v) is 4.62. The summed E-state index contributed by atoms with van der Waals surface area (Å²) in [5.74, 6) is 0.188. The van der Waals surface area contributed by atoms with Gasteiger partial charge in [-0.05, 0) is 75.2 Å². The lowest BCUT2D eigenvalue weighted by molar-refractivity contribution is 0.588. The lowest BCUT2D eigenvalue weighted by atomic mass is 9.82. The van der Waals surface area contributed by atoms with E-state index in [1.54, 1.807) is 0 Å². The topological polar surface area (TPSA) is 0 Å². The monoisotopic (exact) mass is 444 g/mol. The van der Waals surface area contributed by atoms with Crippen LogP contribution < -0.4 is 0 Å². The summed E-state index contributed by atoms with van der Waals surface area (Å²) in [7, 11) is 0. The molecule has 1 aliphatic carbocycles. The van der Waals surface area contributed by atoms with Gasteiger partial charge in [0.1, 0.15) is 0 Å². The molecule has 0 atom stereocenters. The zero-order valence-electron chi connectivity index (χ0n) is 14.9. The Balaban J connectivity index is 1.98. The quantitative estimate of drug-likeness (QED) is 0.276. The zero-order valence-corrected chi connectivity index (χ0v) is 18.0. The summed E-state index contributed by atoms with van der Waals surface area (Å²) in [6, 6.07) is 19.1. The predicted octanol–water partition coefficient (Wildman–Crippen LogP) is 8.21. The summed E-state index contributed by atoms with van der Waals surface area (Å²) in [6.45, 7) is 6.73. The first kappa shape index (κ1) is 18.1. The number of fused-ring (bicyclic) bond motifs is 3. The number of hydrogen-bond acceptors (Lipinski definition) is 0. The van der Waals surface area contributed by atoms with Crippen LogP contribution in [0.25, 0.3) is 11.1 Å². The summed E-state index contributed by atoms with van der Waals surface area (Å²) >= 11 is 16.3. The van der Waals surface area contributed by atoms with Crippen molar-refractivity contribution in [3.05, 3.63) is 91.4 Å². The van der Waals surface area contributed by atoms with Gasteiger partial charge in [0.25, 0.3) is 0 Å². The van der Waals surface area contributed by atoms with Crippen LogP contribution in [-0.4, -0.2) is 0 Å². The van der Waals surface area contributed by atoms with Crippen LogP contribution in [0, 0.1) is 0 Å². The molecule has 0 bridgehead atoms. The molecular weight excluding hydrogens is 427 g/mol. The molecule has 26 heavy (non-hydrogen) atoms. The van der Waals surface area contributed by atoms with E-state index >= 15 is 0 Å². The molecule has 0 saturated carbocycles. The molecular formula is C23H19BrCl2. The van der Waals surface area contributed by atoms with Crippen LogP contribution in [0.2, 0.25) is 10.0 Å². The number of rotatable bonds is 1. The molecule has 0 unspecified atom stereocenters. The van der Waals surface area contributed by atoms with Crippen molar-refractivity contribution < 1.29 is 0 Å². The smallest absolute Gasteiger partial charge is 0.0412 e. The van der Waals surface area contributed by atoms with Crippen LogP contribution in [0.4, 0.5) is 0 Å². The highest BCUT2D eigenvalue weighted by Crippen LogP contribution is 2.50. The van der Waals surface area contributed by atoms with E-state index in [1.807, 2.05) is 12.1 Å². The van der Waals surface area contributed by atoms with Crippen LogP contribution in [0.3, 0.4) is 0 Å². The molecule has 132 valence electrons. The summed E-state index contributed by atoms with van der Waals surface area (Å²) < 4.78 is 1.11. The normalized spacial score (nSPS) is 13.6. The lowest BCUT2D eigenvalue weighted by Gasteiger charge is -2.23. The largest absolute Gasteiger partial charge is 0.0843 e. The molecule has 0 nitrogen and oxygen atoms in total. The average molecular weight is 446 g/mol. The maximum atomic E-state index is 6.29. The van der Waals surface area contributed by atoms with E-state index in [0.29, 0.717) is 0 Å². The minimum atomic E-state index is 0.0861. The molecule has 0 amide bonds. The highest BCUT2D eigenvalue weighted by Gasteiger charge is 2.31. The highest BCUT2D eigenvalue weighted by molar-refractivity contribution is 9.10. The molecule has 3 aromatic carbocycles. The summed E-state index contributed by atoms with van der Waals surface area (Å²) in [5, 5.41) is 1.50. The minimum absolute atomic E-state index is 0.0861. The van der Waals surface area contributed by atoms with E-state index in [9.17, 15) is 0 Å². The van der Waals surface area contributed by atoms with Crippen molar-refractivity contribution >= 4 is 39.1 Å². The Labute approximate surface area is 173 Å². The summed E-state index contributed by atoms with van der Waals surface area (Å²) in [4.78, 5) is 0. The molecule has 3 aromatic rings. The van der Waals surface area contributed by atoms with Crippen molar-refractivity contribution in [2.45, 2.75) is 32.1 Å².